The van der Waals surface area contributed by atoms with Gasteiger partial charge in [0, 0.05) is 31.6 Å². The molecule has 31 heavy (non-hydrogen) atoms. The fourth-order valence-corrected chi connectivity index (χ4v) is 4.79. The van der Waals surface area contributed by atoms with Crippen LogP contribution in [0.1, 0.15) is 50.5 Å². The van der Waals surface area contributed by atoms with Gasteiger partial charge >= 0.3 is 0 Å². The molecule has 4 rings (SSSR count). The molecule has 6 nitrogen and oxygen atoms in total. The lowest BCUT2D eigenvalue weighted by Gasteiger charge is -2.41. The number of rotatable bonds is 7. The molecule has 3 N–H and O–H groups in total. The molecule has 0 aromatic heterocycles. The first-order valence-electron chi connectivity index (χ1n) is 11.3. The maximum atomic E-state index is 12.0. The number of nitrogens with two attached hydrogens (primary N) is 1. The van der Waals surface area contributed by atoms with E-state index in [0.29, 0.717) is 24.8 Å². The Bertz CT molecular complexity index is 922. The summed E-state index contributed by atoms with van der Waals surface area (Å²) in [5.74, 6) is 2.77. The van der Waals surface area contributed by atoms with E-state index >= 15 is 0 Å². The molecule has 0 unspecified atom stereocenters. The largest absolute Gasteiger partial charge is 0.457 e. The maximum Gasteiger partial charge on any atom is 0.219 e. The van der Waals surface area contributed by atoms with Crippen LogP contribution in [0.4, 0.5) is 5.69 Å². The lowest BCUT2D eigenvalue weighted by atomic mass is 9.81. The van der Waals surface area contributed by atoms with Crippen molar-refractivity contribution >= 4 is 17.6 Å². The number of nitrogens with one attached hydrogen (secondary N) is 1. The van der Waals surface area contributed by atoms with E-state index in [2.05, 4.69) is 16.3 Å². The van der Waals surface area contributed by atoms with Gasteiger partial charge in [-0.15, -0.1) is 0 Å². The standard InChI is InChI=1S/C25H32N4O2/c1-27-24(30)15-14-23(18-8-4-2-5-9-18)29-17-19-16-21(12-13-22(19)28-25(29)26)31-20-10-6-3-7-11-20/h3,6-7,10-13,16,18,23H,2,4-5,8-9,14-15,17H2,1H3,(H2,26,28)(H,27,30)/t23-/m0/s1. The molecule has 2 aromatic rings. The maximum absolute atomic E-state index is 12.0. The van der Waals surface area contributed by atoms with Gasteiger partial charge in [-0.05, 0) is 55.5 Å². The molecule has 0 saturated heterocycles. The topological polar surface area (TPSA) is 80.0 Å². The predicted octanol–water partition coefficient (Wildman–Crippen LogP) is 4.72. The molecule has 164 valence electrons. The summed E-state index contributed by atoms with van der Waals surface area (Å²) in [4.78, 5) is 18.9. The van der Waals surface area contributed by atoms with E-state index in [1.807, 2.05) is 42.5 Å². The SMILES string of the molecule is CNC(=O)CC[C@@H](C1CCCCC1)N1Cc2cc(Oc3ccccc3)ccc2N=C1N. The van der Waals surface area contributed by atoms with Gasteiger partial charge in [-0.2, -0.15) is 0 Å². The van der Waals surface area contributed by atoms with Crippen LogP contribution in [0.2, 0.25) is 0 Å². The lowest BCUT2D eigenvalue weighted by molar-refractivity contribution is -0.121. The van der Waals surface area contributed by atoms with Gasteiger partial charge in [-0.3, -0.25) is 4.79 Å². The summed E-state index contributed by atoms with van der Waals surface area (Å²) in [5, 5.41) is 2.75. The van der Waals surface area contributed by atoms with Crippen LogP contribution in [-0.4, -0.2) is 29.9 Å². The molecule has 1 heterocycles. The minimum absolute atomic E-state index is 0.0762. The Morgan fingerprint density at radius 3 is 2.68 bits per heavy atom. The van der Waals surface area contributed by atoms with Gasteiger partial charge in [0.15, 0.2) is 5.96 Å². The fourth-order valence-electron chi connectivity index (χ4n) is 4.79. The zero-order valence-corrected chi connectivity index (χ0v) is 18.2. The molecule has 1 fully saturated rings. The van der Waals surface area contributed by atoms with Gasteiger partial charge in [0.2, 0.25) is 5.91 Å². The Hall–Kier alpha value is -3.02. The van der Waals surface area contributed by atoms with E-state index in [1.54, 1.807) is 7.05 Å². The highest BCUT2D eigenvalue weighted by atomic mass is 16.5. The number of para-hydroxylation sites is 1. The van der Waals surface area contributed by atoms with E-state index in [0.717, 1.165) is 29.2 Å². The zero-order valence-electron chi connectivity index (χ0n) is 18.2. The second-order valence-corrected chi connectivity index (χ2v) is 8.48. The number of nitrogens with zero attached hydrogens (tertiary/aromatic N) is 2. The number of fused-ring (bicyclic) bond motifs is 1. The first kappa shape index (κ1) is 21.2. The first-order valence-corrected chi connectivity index (χ1v) is 11.3. The normalized spacial score (nSPS) is 17.5. The Kier molecular flexibility index (Phi) is 6.75. The molecule has 2 aliphatic rings. The molecule has 0 bridgehead atoms. The summed E-state index contributed by atoms with van der Waals surface area (Å²) in [6.07, 6.45) is 7.46. The number of carbonyl (C=O) groups excluding carboxylic acids is 1. The number of guanidine groups is 1. The van der Waals surface area contributed by atoms with Gasteiger partial charge in [0.1, 0.15) is 11.5 Å². The average Bonchev–Trinajstić information content (AvgIpc) is 2.81. The van der Waals surface area contributed by atoms with Crippen molar-refractivity contribution in [1.82, 2.24) is 10.2 Å². The van der Waals surface area contributed by atoms with Crippen LogP contribution in [0.3, 0.4) is 0 Å². The number of hydrogen-bond acceptors (Lipinski definition) is 5. The number of carbonyl (C=O) groups is 1. The van der Waals surface area contributed by atoms with Crippen molar-refractivity contribution in [2.75, 3.05) is 7.05 Å². The monoisotopic (exact) mass is 420 g/mol. The summed E-state index contributed by atoms with van der Waals surface area (Å²) in [5.41, 5.74) is 8.44. The molecule has 2 aromatic carbocycles. The molecule has 1 aliphatic carbocycles. The highest BCUT2D eigenvalue weighted by Crippen LogP contribution is 2.36. The van der Waals surface area contributed by atoms with Crippen LogP contribution in [0.15, 0.2) is 53.5 Å². The molecule has 0 radical (unpaired) electrons. The highest BCUT2D eigenvalue weighted by Gasteiger charge is 2.32. The quantitative estimate of drug-likeness (QED) is 0.679. The van der Waals surface area contributed by atoms with Crippen molar-refractivity contribution in [2.24, 2.45) is 16.6 Å². The van der Waals surface area contributed by atoms with E-state index in [-0.39, 0.29) is 11.9 Å². The number of hydrogen-bond donors (Lipinski definition) is 2. The van der Waals surface area contributed by atoms with Crippen LogP contribution in [-0.2, 0) is 11.3 Å². The third kappa shape index (κ3) is 5.19. The lowest BCUT2D eigenvalue weighted by Crippen LogP contribution is -2.49. The predicted molar refractivity (Wildman–Crippen MR) is 123 cm³/mol. The van der Waals surface area contributed by atoms with Crippen LogP contribution in [0.25, 0.3) is 0 Å². The van der Waals surface area contributed by atoms with Gasteiger partial charge in [0.25, 0.3) is 0 Å². The van der Waals surface area contributed by atoms with E-state index in [1.165, 1.54) is 32.1 Å². The van der Waals surface area contributed by atoms with Crippen molar-refractivity contribution in [1.29, 1.82) is 0 Å². The van der Waals surface area contributed by atoms with E-state index < -0.39 is 0 Å². The van der Waals surface area contributed by atoms with Crippen molar-refractivity contribution < 1.29 is 9.53 Å². The molecule has 0 spiro atoms. The molecule has 1 saturated carbocycles. The minimum atomic E-state index is 0.0762. The second kappa shape index (κ2) is 9.86. The third-order valence-electron chi connectivity index (χ3n) is 6.44. The number of benzene rings is 2. The van der Waals surface area contributed by atoms with E-state index in [9.17, 15) is 4.79 Å². The van der Waals surface area contributed by atoms with Crippen molar-refractivity contribution in [3.8, 4) is 11.5 Å². The van der Waals surface area contributed by atoms with Crippen LogP contribution >= 0.6 is 0 Å². The first-order chi connectivity index (χ1) is 15.1. The summed E-state index contributed by atoms with van der Waals surface area (Å²) < 4.78 is 6.03. The van der Waals surface area contributed by atoms with Gasteiger partial charge in [-0.1, -0.05) is 37.5 Å². The van der Waals surface area contributed by atoms with Crippen molar-refractivity contribution in [3.05, 3.63) is 54.1 Å². The van der Waals surface area contributed by atoms with Gasteiger partial charge in [0.05, 0.1) is 5.69 Å². The average molecular weight is 421 g/mol. The number of ether oxygens (including phenoxy) is 1. The Labute approximate surface area is 184 Å². The molecule has 1 aliphatic heterocycles. The number of aliphatic imine (C=N–C) groups is 1. The van der Waals surface area contributed by atoms with Crippen molar-refractivity contribution in [3.63, 3.8) is 0 Å². The summed E-state index contributed by atoms with van der Waals surface area (Å²) >= 11 is 0. The zero-order chi connectivity index (χ0) is 21.6. The van der Waals surface area contributed by atoms with Gasteiger partial charge < -0.3 is 20.7 Å². The third-order valence-corrected chi connectivity index (χ3v) is 6.44. The van der Waals surface area contributed by atoms with Crippen molar-refractivity contribution in [2.45, 2.75) is 57.5 Å². The molecule has 1 atom stereocenters. The Morgan fingerprint density at radius 2 is 1.94 bits per heavy atom. The Balaban J connectivity index is 1.55. The second-order valence-electron chi connectivity index (χ2n) is 8.48. The highest BCUT2D eigenvalue weighted by molar-refractivity contribution is 5.84. The molecule has 1 amide bonds. The van der Waals surface area contributed by atoms with Crippen LogP contribution in [0.5, 0.6) is 11.5 Å². The molecular formula is C25H32N4O2. The Morgan fingerprint density at radius 1 is 1.16 bits per heavy atom. The fraction of sp³-hybridized carbons (Fsp3) is 0.440. The summed E-state index contributed by atoms with van der Waals surface area (Å²) in [6, 6.07) is 16.0. The molecule has 6 heteroatoms. The molecular weight excluding hydrogens is 388 g/mol. The van der Waals surface area contributed by atoms with E-state index in [4.69, 9.17) is 15.5 Å². The summed E-state index contributed by atoms with van der Waals surface area (Å²) in [7, 11) is 1.69. The van der Waals surface area contributed by atoms with Crippen LogP contribution in [0, 0.1) is 5.92 Å². The minimum Gasteiger partial charge on any atom is -0.457 e. The summed E-state index contributed by atoms with van der Waals surface area (Å²) in [6.45, 7) is 0.686. The number of amides is 1. The van der Waals surface area contributed by atoms with Crippen LogP contribution < -0.4 is 15.8 Å². The van der Waals surface area contributed by atoms with Gasteiger partial charge in [-0.25, -0.2) is 4.99 Å². The smallest absolute Gasteiger partial charge is 0.219 e.